The Morgan fingerprint density at radius 3 is 2.40 bits per heavy atom. The standard InChI is InChI=1S/C17H21BrN2/c1-13(2)19-12-14-9-10-17(16(18)11-14)20(3)15-7-5-4-6-8-15/h4-11,13,19H,12H2,1-3H3. The Labute approximate surface area is 129 Å². The van der Waals surface area contributed by atoms with Crippen LogP contribution in [0.5, 0.6) is 0 Å². The van der Waals surface area contributed by atoms with Gasteiger partial charge in [0.1, 0.15) is 0 Å². The van der Waals surface area contributed by atoms with Gasteiger partial charge in [0.25, 0.3) is 0 Å². The van der Waals surface area contributed by atoms with E-state index in [1.54, 1.807) is 0 Å². The molecule has 0 aliphatic rings. The second kappa shape index (κ2) is 6.91. The highest BCUT2D eigenvalue weighted by Gasteiger charge is 2.08. The molecule has 0 aliphatic carbocycles. The molecule has 0 atom stereocenters. The average Bonchev–Trinajstić information content (AvgIpc) is 2.45. The highest BCUT2D eigenvalue weighted by molar-refractivity contribution is 9.10. The molecule has 2 aromatic rings. The molecule has 0 aromatic heterocycles. The maximum Gasteiger partial charge on any atom is 0.0552 e. The van der Waals surface area contributed by atoms with Gasteiger partial charge in [0.15, 0.2) is 0 Å². The third-order valence-corrected chi connectivity index (χ3v) is 3.87. The van der Waals surface area contributed by atoms with E-state index in [1.165, 1.54) is 16.9 Å². The molecule has 1 N–H and O–H groups in total. The molecule has 2 aromatic carbocycles. The van der Waals surface area contributed by atoms with E-state index in [0.29, 0.717) is 6.04 Å². The van der Waals surface area contributed by atoms with Crippen molar-refractivity contribution >= 4 is 27.3 Å². The van der Waals surface area contributed by atoms with Crippen LogP contribution in [0.3, 0.4) is 0 Å². The molecular weight excluding hydrogens is 312 g/mol. The number of rotatable bonds is 5. The van der Waals surface area contributed by atoms with Gasteiger partial charge in [-0.2, -0.15) is 0 Å². The van der Waals surface area contributed by atoms with Crippen LogP contribution in [0.4, 0.5) is 11.4 Å². The average molecular weight is 333 g/mol. The summed E-state index contributed by atoms with van der Waals surface area (Å²) >= 11 is 3.68. The lowest BCUT2D eigenvalue weighted by Crippen LogP contribution is -2.21. The predicted molar refractivity (Wildman–Crippen MR) is 90.6 cm³/mol. The van der Waals surface area contributed by atoms with Crippen LogP contribution in [0.15, 0.2) is 53.0 Å². The van der Waals surface area contributed by atoms with Crippen LogP contribution in [-0.4, -0.2) is 13.1 Å². The van der Waals surface area contributed by atoms with Crippen molar-refractivity contribution in [3.05, 3.63) is 58.6 Å². The molecule has 0 aliphatic heterocycles. The summed E-state index contributed by atoms with van der Waals surface area (Å²) in [6.45, 7) is 5.21. The molecule has 0 amide bonds. The summed E-state index contributed by atoms with van der Waals surface area (Å²) in [5.41, 5.74) is 3.64. The van der Waals surface area contributed by atoms with E-state index in [0.717, 1.165) is 11.0 Å². The molecule has 3 heteroatoms. The molecule has 0 bridgehead atoms. The number of hydrogen-bond acceptors (Lipinski definition) is 2. The smallest absolute Gasteiger partial charge is 0.0552 e. The Bertz CT molecular complexity index is 552. The largest absolute Gasteiger partial charge is 0.344 e. The summed E-state index contributed by atoms with van der Waals surface area (Å²) in [6.07, 6.45) is 0. The van der Waals surface area contributed by atoms with Gasteiger partial charge in [-0.1, -0.05) is 38.1 Å². The van der Waals surface area contributed by atoms with Gasteiger partial charge in [-0.05, 0) is 45.8 Å². The summed E-state index contributed by atoms with van der Waals surface area (Å²) in [6, 6.07) is 17.4. The van der Waals surface area contributed by atoms with E-state index in [4.69, 9.17) is 0 Å². The Balaban J connectivity index is 2.17. The predicted octanol–water partition coefficient (Wildman–Crippen LogP) is 4.72. The van der Waals surface area contributed by atoms with Crippen LogP contribution in [-0.2, 0) is 6.54 Å². The number of halogens is 1. The summed E-state index contributed by atoms with van der Waals surface area (Å²) in [5.74, 6) is 0. The molecule has 0 spiro atoms. The number of nitrogens with zero attached hydrogens (tertiary/aromatic N) is 1. The van der Waals surface area contributed by atoms with Gasteiger partial charge in [-0.25, -0.2) is 0 Å². The normalized spacial score (nSPS) is 10.8. The first-order valence-electron chi connectivity index (χ1n) is 6.88. The van der Waals surface area contributed by atoms with Crippen molar-refractivity contribution in [3.8, 4) is 0 Å². The molecule has 0 saturated heterocycles. The molecule has 0 saturated carbocycles. The first-order valence-corrected chi connectivity index (χ1v) is 7.68. The highest BCUT2D eigenvalue weighted by Crippen LogP contribution is 2.31. The molecule has 20 heavy (non-hydrogen) atoms. The van der Waals surface area contributed by atoms with Crippen molar-refractivity contribution in [1.82, 2.24) is 5.32 Å². The zero-order valence-electron chi connectivity index (χ0n) is 12.2. The van der Waals surface area contributed by atoms with Gasteiger partial charge in [-0.3, -0.25) is 0 Å². The number of hydrogen-bond donors (Lipinski definition) is 1. The van der Waals surface area contributed by atoms with Crippen molar-refractivity contribution in [3.63, 3.8) is 0 Å². The fourth-order valence-corrected chi connectivity index (χ4v) is 2.74. The fourth-order valence-electron chi connectivity index (χ4n) is 2.05. The van der Waals surface area contributed by atoms with Gasteiger partial charge in [0, 0.05) is 29.8 Å². The van der Waals surface area contributed by atoms with Crippen molar-refractivity contribution in [1.29, 1.82) is 0 Å². The van der Waals surface area contributed by atoms with Crippen LogP contribution < -0.4 is 10.2 Å². The molecule has 0 heterocycles. The molecule has 0 unspecified atom stereocenters. The van der Waals surface area contributed by atoms with E-state index < -0.39 is 0 Å². The maximum atomic E-state index is 3.68. The van der Waals surface area contributed by atoms with Gasteiger partial charge < -0.3 is 10.2 Å². The molecule has 2 nitrogen and oxygen atoms in total. The summed E-state index contributed by atoms with van der Waals surface area (Å²) < 4.78 is 1.12. The lowest BCUT2D eigenvalue weighted by molar-refractivity contribution is 0.589. The van der Waals surface area contributed by atoms with Crippen LogP contribution in [0, 0.1) is 0 Å². The molecular formula is C17H21BrN2. The minimum atomic E-state index is 0.500. The maximum absolute atomic E-state index is 3.68. The number of nitrogens with one attached hydrogen (secondary N) is 1. The zero-order valence-corrected chi connectivity index (χ0v) is 13.8. The van der Waals surface area contributed by atoms with E-state index in [2.05, 4.69) is 89.5 Å². The quantitative estimate of drug-likeness (QED) is 0.852. The number of benzene rings is 2. The lowest BCUT2D eigenvalue weighted by Gasteiger charge is -2.21. The topological polar surface area (TPSA) is 15.3 Å². The monoisotopic (exact) mass is 332 g/mol. The molecule has 2 rings (SSSR count). The Hall–Kier alpha value is -1.32. The van der Waals surface area contributed by atoms with E-state index in [-0.39, 0.29) is 0 Å². The van der Waals surface area contributed by atoms with Gasteiger partial charge in [-0.15, -0.1) is 0 Å². The van der Waals surface area contributed by atoms with Gasteiger partial charge >= 0.3 is 0 Å². The van der Waals surface area contributed by atoms with Crippen LogP contribution >= 0.6 is 15.9 Å². The van der Waals surface area contributed by atoms with Crippen molar-refractivity contribution in [2.75, 3.05) is 11.9 Å². The van der Waals surface area contributed by atoms with Crippen LogP contribution in [0.25, 0.3) is 0 Å². The summed E-state index contributed by atoms with van der Waals surface area (Å²) in [4.78, 5) is 2.18. The zero-order chi connectivity index (χ0) is 14.5. The highest BCUT2D eigenvalue weighted by atomic mass is 79.9. The second-order valence-corrected chi connectivity index (χ2v) is 6.07. The van der Waals surface area contributed by atoms with Crippen molar-refractivity contribution in [2.45, 2.75) is 26.4 Å². The Morgan fingerprint density at radius 1 is 1.10 bits per heavy atom. The summed E-state index contributed by atoms with van der Waals surface area (Å²) in [7, 11) is 2.08. The fraction of sp³-hybridized carbons (Fsp3) is 0.294. The van der Waals surface area contributed by atoms with E-state index >= 15 is 0 Å². The molecule has 0 fully saturated rings. The SMILES string of the molecule is CC(C)NCc1ccc(N(C)c2ccccc2)c(Br)c1. The lowest BCUT2D eigenvalue weighted by atomic mass is 10.1. The van der Waals surface area contributed by atoms with E-state index in [9.17, 15) is 0 Å². The second-order valence-electron chi connectivity index (χ2n) is 5.22. The Morgan fingerprint density at radius 2 is 1.80 bits per heavy atom. The van der Waals surface area contributed by atoms with Crippen LogP contribution in [0.2, 0.25) is 0 Å². The van der Waals surface area contributed by atoms with E-state index in [1.807, 2.05) is 6.07 Å². The first-order chi connectivity index (χ1) is 9.58. The van der Waals surface area contributed by atoms with Crippen molar-refractivity contribution < 1.29 is 0 Å². The molecule has 106 valence electrons. The number of anilines is 2. The molecule has 0 radical (unpaired) electrons. The minimum Gasteiger partial charge on any atom is -0.344 e. The third-order valence-electron chi connectivity index (χ3n) is 3.23. The third kappa shape index (κ3) is 3.84. The Kier molecular flexibility index (Phi) is 5.21. The summed E-state index contributed by atoms with van der Waals surface area (Å²) in [5, 5.41) is 3.43. The first kappa shape index (κ1) is 15.1. The van der Waals surface area contributed by atoms with Crippen LogP contribution in [0.1, 0.15) is 19.4 Å². The number of para-hydroxylation sites is 1. The minimum absolute atomic E-state index is 0.500. The van der Waals surface area contributed by atoms with Gasteiger partial charge in [0.2, 0.25) is 0 Å². The van der Waals surface area contributed by atoms with Gasteiger partial charge in [0.05, 0.1) is 5.69 Å². The van der Waals surface area contributed by atoms with Crippen molar-refractivity contribution in [2.24, 2.45) is 0 Å².